The second kappa shape index (κ2) is 6.16. The minimum absolute atomic E-state index is 0.224. The van der Waals surface area contributed by atoms with Gasteiger partial charge in [0.15, 0.2) is 0 Å². The highest BCUT2D eigenvalue weighted by Gasteiger charge is 2.02. The maximum Gasteiger partial charge on any atom is 0.217 e. The maximum atomic E-state index is 10.6. The van der Waals surface area contributed by atoms with E-state index in [9.17, 15) is 4.79 Å². The molecule has 0 radical (unpaired) electrons. The molecule has 2 aromatic rings. The Kier molecular flexibility index (Phi) is 4.30. The number of primary amides is 1. The van der Waals surface area contributed by atoms with E-state index in [2.05, 4.69) is 21.4 Å². The summed E-state index contributed by atoms with van der Waals surface area (Å²) in [7, 11) is 0. The molecule has 2 rings (SSSR count). The first-order valence-electron chi connectivity index (χ1n) is 6.17. The summed E-state index contributed by atoms with van der Waals surface area (Å²) in [5, 5.41) is 4.51. The summed E-state index contributed by atoms with van der Waals surface area (Å²) in [5.41, 5.74) is 7.21. The summed E-state index contributed by atoms with van der Waals surface area (Å²) >= 11 is 0. The topological polar surface area (TPSA) is 83.8 Å². The molecular weight excluding hydrogens is 228 g/mol. The van der Waals surface area contributed by atoms with Crippen LogP contribution in [0.25, 0.3) is 11.0 Å². The van der Waals surface area contributed by atoms with E-state index in [0.29, 0.717) is 6.42 Å². The van der Waals surface area contributed by atoms with Gasteiger partial charge in [-0.1, -0.05) is 0 Å². The third kappa shape index (κ3) is 3.30. The molecule has 18 heavy (non-hydrogen) atoms. The van der Waals surface area contributed by atoms with Crippen molar-refractivity contribution in [3.8, 4) is 0 Å². The minimum atomic E-state index is -0.224. The molecule has 0 saturated carbocycles. The largest absolute Gasteiger partial charge is 0.370 e. The Morgan fingerprint density at radius 3 is 3.17 bits per heavy atom. The number of amides is 1. The highest BCUT2D eigenvalue weighted by Crippen LogP contribution is 2.14. The van der Waals surface area contributed by atoms with Gasteiger partial charge in [0.1, 0.15) is 5.65 Å². The molecule has 0 aliphatic carbocycles. The normalized spacial score (nSPS) is 10.9. The van der Waals surface area contributed by atoms with Gasteiger partial charge >= 0.3 is 0 Å². The summed E-state index contributed by atoms with van der Waals surface area (Å²) in [6, 6.07) is 4.00. The molecule has 0 aliphatic rings. The summed E-state index contributed by atoms with van der Waals surface area (Å²) < 4.78 is 0. The standard InChI is InChI=1S/C13H18N4O/c14-12(18)5-1-2-6-15-8-10-9-17-13-11(10)4-3-7-16-13/h3-4,7,9,15H,1-2,5-6,8H2,(H2,14,18)(H,16,17). The molecule has 2 aromatic heterocycles. The van der Waals surface area contributed by atoms with Gasteiger partial charge in [-0.3, -0.25) is 4.79 Å². The Morgan fingerprint density at radius 1 is 1.44 bits per heavy atom. The third-order valence-electron chi connectivity index (χ3n) is 2.88. The van der Waals surface area contributed by atoms with Crippen molar-refractivity contribution in [2.75, 3.05) is 6.54 Å². The van der Waals surface area contributed by atoms with Crippen molar-refractivity contribution < 1.29 is 4.79 Å². The zero-order valence-electron chi connectivity index (χ0n) is 10.3. The van der Waals surface area contributed by atoms with Crippen LogP contribution in [0.5, 0.6) is 0 Å². The van der Waals surface area contributed by atoms with E-state index in [1.54, 1.807) is 6.20 Å². The van der Waals surface area contributed by atoms with Crippen molar-refractivity contribution in [1.82, 2.24) is 15.3 Å². The number of fused-ring (bicyclic) bond motifs is 1. The molecule has 0 aliphatic heterocycles. The van der Waals surface area contributed by atoms with Crippen molar-refractivity contribution in [2.45, 2.75) is 25.8 Å². The van der Waals surface area contributed by atoms with Crippen LogP contribution in [0.1, 0.15) is 24.8 Å². The summed E-state index contributed by atoms with van der Waals surface area (Å²) in [6.45, 7) is 1.70. The lowest BCUT2D eigenvalue weighted by Crippen LogP contribution is -2.16. The average Bonchev–Trinajstić information content (AvgIpc) is 2.77. The number of nitrogens with two attached hydrogens (primary N) is 1. The zero-order chi connectivity index (χ0) is 12.8. The lowest BCUT2D eigenvalue weighted by atomic mass is 10.2. The Morgan fingerprint density at radius 2 is 2.33 bits per heavy atom. The van der Waals surface area contributed by atoms with E-state index in [1.807, 2.05) is 12.3 Å². The van der Waals surface area contributed by atoms with Gasteiger partial charge in [-0.05, 0) is 37.1 Å². The second-order valence-corrected chi connectivity index (χ2v) is 4.31. The average molecular weight is 246 g/mol. The number of unbranched alkanes of at least 4 members (excludes halogenated alkanes) is 1. The fraction of sp³-hybridized carbons (Fsp3) is 0.385. The van der Waals surface area contributed by atoms with E-state index >= 15 is 0 Å². The smallest absolute Gasteiger partial charge is 0.217 e. The van der Waals surface area contributed by atoms with Crippen molar-refractivity contribution in [2.24, 2.45) is 5.73 Å². The van der Waals surface area contributed by atoms with E-state index in [-0.39, 0.29) is 5.91 Å². The molecule has 1 amide bonds. The summed E-state index contributed by atoms with van der Waals surface area (Å²) in [5.74, 6) is -0.224. The Bertz CT molecular complexity index is 520. The monoisotopic (exact) mass is 246 g/mol. The first kappa shape index (κ1) is 12.6. The minimum Gasteiger partial charge on any atom is -0.370 e. The zero-order valence-corrected chi connectivity index (χ0v) is 10.3. The molecule has 5 nitrogen and oxygen atoms in total. The first-order valence-corrected chi connectivity index (χ1v) is 6.17. The molecule has 4 N–H and O–H groups in total. The highest BCUT2D eigenvalue weighted by molar-refractivity contribution is 5.79. The van der Waals surface area contributed by atoms with Gasteiger partial charge in [0.25, 0.3) is 0 Å². The molecule has 0 fully saturated rings. The Balaban J connectivity index is 1.75. The van der Waals surface area contributed by atoms with Gasteiger partial charge in [0.05, 0.1) is 0 Å². The van der Waals surface area contributed by atoms with Crippen LogP contribution in [0.4, 0.5) is 0 Å². The van der Waals surface area contributed by atoms with E-state index in [1.165, 1.54) is 5.56 Å². The number of hydrogen-bond acceptors (Lipinski definition) is 3. The quantitative estimate of drug-likeness (QED) is 0.644. The SMILES string of the molecule is NC(=O)CCCCNCc1c[nH]c2ncccc12. The number of carbonyl (C=O) groups is 1. The summed E-state index contributed by atoms with van der Waals surface area (Å²) in [6.07, 6.45) is 6.04. The molecule has 0 aromatic carbocycles. The number of aromatic nitrogens is 2. The maximum absolute atomic E-state index is 10.6. The van der Waals surface area contributed by atoms with E-state index in [4.69, 9.17) is 5.73 Å². The molecule has 5 heteroatoms. The van der Waals surface area contributed by atoms with Crippen LogP contribution in [0.2, 0.25) is 0 Å². The number of nitrogens with zero attached hydrogens (tertiary/aromatic N) is 1. The number of rotatable bonds is 7. The predicted octanol–water partition coefficient (Wildman–Crippen LogP) is 1.31. The van der Waals surface area contributed by atoms with Crippen LogP contribution >= 0.6 is 0 Å². The van der Waals surface area contributed by atoms with E-state index < -0.39 is 0 Å². The summed E-state index contributed by atoms with van der Waals surface area (Å²) in [4.78, 5) is 17.9. The molecule has 0 saturated heterocycles. The first-order chi connectivity index (χ1) is 8.77. The van der Waals surface area contributed by atoms with Crippen LogP contribution in [0.15, 0.2) is 24.5 Å². The van der Waals surface area contributed by atoms with Crippen molar-refractivity contribution in [1.29, 1.82) is 0 Å². The van der Waals surface area contributed by atoms with Crippen LogP contribution in [-0.2, 0) is 11.3 Å². The van der Waals surface area contributed by atoms with Gasteiger partial charge in [-0.15, -0.1) is 0 Å². The molecule has 0 atom stereocenters. The van der Waals surface area contributed by atoms with Crippen LogP contribution in [-0.4, -0.2) is 22.4 Å². The Labute approximate surface area is 106 Å². The molecule has 0 spiro atoms. The predicted molar refractivity (Wildman–Crippen MR) is 70.8 cm³/mol. The number of H-pyrrole nitrogens is 1. The fourth-order valence-corrected chi connectivity index (χ4v) is 1.93. The molecule has 96 valence electrons. The Hall–Kier alpha value is -1.88. The van der Waals surface area contributed by atoms with Crippen LogP contribution in [0, 0.1) is 0 Å². The third-order valence-corrected chi connectivity index (χ3v) is 2.88. The van der Waals surface area contributed by atoms with Crippen molar-refractivity contribution in [3.05, 3.63) is 30.1 Å². The van der Waals surface area contributed by atoms with Gasteiger partial charge in [-0.2, -0.15) is 0 Å². The van der Waals surface area contributed by atoms with Gasteiger partial charge in [0, 0.05) is 30.7 Å². The number of aromatic amines is 1. The van der Waals surface area contributed by atoms with Crippen molar-refractivity contribution >= 4 is 16.9 Å². The van der Waals surface area contributed by atoms with Gasteiger partial charge in [0.2, 0.25) is 5.91 Å². The molecule has 0 bridgehead atoms. The van der Waals surface area contributed by atoms with Crippen LogP contribution in [0.3, 0.4) is 0 Å². The van der Waals surface area contributed by atoms with Gasteiger partial charge < -0.3 is 16.0 Å². The number of pyridine rings is 1. The second-order valence-electron chi connectivity index (χ2n) is 4.31. The number of carbonyl (C=O) groups excluding carboxylic acids is 1. The van der Waals surface area contributed by atoms with Crippen molar-refractivity contribution in [3.63, 3.8) is 0 Å². The molecular formula is C13H18N4O. The van der Waals surface area contributed by atoms with Gasteiger partial charge in [-0.25, -0.2) is 4.98 Å². The lowest BCUT2D eigenvalue weighted by molar-refractivity contribution is -0.118. The number of hydrogen-bond donors (Lipinski definition) is 3. The highest BCUT2D eigenvalue weighted by atomic mass is 16.1. The van der Waals surface area contributed by atoms with E-state index in [0.717, 1.165) is 37.0 Å². The van der Waals surface area contributed by atoms with Crippen LogP contribution < -0.4 is 11.1 Å². The lowest BCUT2D eigenvalue weighted by Gasteiger charge is -2.03. The number of nitrogens with one attached hydrogen (secondary N) is 2. The fourth-order valence-electron chi connectivity index (χ4n) is 1.93. The molecule has 0 unspecified atom stereocenters. The molecule has 2 heterocycles.